The molecule has 2 aromatic heterocycles. The van der Waals surface area contributed by atoms with Crippen LogP contribution in [0.2, 0.25) is 0 Å². The second kappa shape index (κ2) is 6.35. The van der Waals surface area contributed by atoms with Crippen molar-refractivity contribution in [3.05, 3.63) is 46.8 Å². The predicted octanol–water partition coefficient (Wildman–Crippen LogP) is 1.91. The van der Waals surface area contributed by atoms with Crippen LogP contribution in [-0.2, 0) is 4.18 Å². The van der Waals surface area contributed by atoms with Crippen LogP contribution in [0.5, 0.6) is 5.75 Å². The lowest BCUT2D eigenvalue weighted by Crippen LogP contribution is -2.22. The molecule has 0 N–H and O–H groups in total. The highest BCUT2D eigenvalue weighted by atomic mass is 32.2. The Morgan fingerprint density at radius 1 is 1.42 bits per heavy atom. The van der Waals surface area contributed by atoms with Crippen LogP contribution in [-0.4, -0.2) is 21.1 Å². The van der Waals surface area contributed by atoms with Gasteiger partial charge in [0, 0.05) is 18.1 Å². The van der Waals surface area contributed by atoms with Gasteiger partial charge in [-0.15, -0.1) is 0 Å². The molecule has 0 aliphatic heterocycles. The van der Waals surface area contributed by atoms with Gasteiger partial charge in [-0.1, -0.05) is 0 Å². The fraction of sp³-hybridized carbons (Fsp3) is 0.250. The number of pyridine rings is 1. The normalized spacial score (nSPS) is 10.4. The van der Waals surface area contributed by atoms with Crippen LogP contribution >= 0.6 is 12.3 Å². The summed E-state index contributed by atoms with van der Waals surface area (Å²) in [7, 11) is 0. The lowest BCUT2D eigenvalue weighted by molar-refractivity contribution is 0.369. The summed E-state index contributed by atoms with van der Waals surface area (Å²) < 4.78 is 11.7. The third-order valence-electron chi connectivity index (χ3n) is 2.21. The van der Waals surface area contributed by atoms with Gasteiger partial charge in [0.15, 0.2) is 11.6 Å². The minimum absolute atomic E-state index is 0.382. The summed E-state index contributed by atoms with van der Waals surface area (Å²) in [5.74, 6) is 0.820. The van der Waals surface area contributed by atoms with Crippen LogP contribution in [0.4, 0.5) is 0 Å². The van der Waals surface area contributed by atoms with Gasteiger partial charge in [-0.3, -0.25) is 4.18 Å². The number of hydrogen-bond acceptors (Lipinski definition) is 6. The van der Waals surface area contributed by atoms with Crippen LogP contribution < -0.4 is 9.87 Å². The van der Waals surface area contributed by atoms with Crippen molar-refractivity contribution < 1.29 is 8.37 Å². The molecular weight excluding hydrogens is 266 g/mol. The predicted molar refractivity (Wildman–Crippen MR) is 72.2 cm³/mol. The number of rotatable bonds is 5. The van der Waals surface area contributed by atoms with Gasteiger partial charge in [-0.05, 0) is 32.0 Å². The second-order valence-corrected chi connectivity index (χ2v) is 4.14. The highest BCUT2D eigenvalue weighted by Crippen LogP contribution is 2.22. The van der Waals surface area contributed by atoms with E-state index in [0.29, 0.717) is 23.9 Å². The molecule has 0 aliphatic carbocycles. The molecule has 0 spiro atoms. The molecule has 6 nitrogen and oxygen atoms in total. The highest BCUT2D eigenvalue weighted by molar-refractivity contribution is 7.90. The Morgan fingerprint density at radius 2 is 2.26 bits per heavy atom. The molecule has 0 atom stereocenters. The smallest absolute Gasteiger partial charge is 0.353 e. The van der Waals surface area contributed by atoms with Crippen molar-refractivity contribution in [3.8, 4) is 11.6 Å². The molecule has 0 fully saturated rings. The van der Waals surface area contributed by atoms with Crippen molar-refractivity contribution in [1.82, 2.24) is 14.5 Å². The molecule has 19 heavy (non-hydrogen) atoms. The molecule has 0 bridgehead atoms. The van der Waals surface area contributed by atoms with Gasteiger partial charge < -0.3 is 4.18 Å². The Kier molecular flexibility index (Phi) is 4.53. The van der Waals surface area contributed by atoms with Crippen molar-refractivity contribution in [3.63, 3.8) is 0 Å². The number of hydrogen-bond donors (Lipinski definition) is 0. The molecule has 2 aromatic rings. The number of aryl methyl sites for hydroxylation is 1. The molecule has 0 saturated carbocycles. The molecule has 0 unspecified atom stereocenters. The molecule has 0 radical (unpaired) electrons. The van der Waals surface area contributed by atoms with Gasteiger partial charge in [0.05, 0.1) is 6.61 Å². The van der Waals surface area contributed by atoms with E-state index < -0.39 is 5.69 Å². The molecule has 0 saturated heterocycles. The van der Waals surface area contributed by atoms with E-state index in [1.54, 1.807) is 37.5 Å². The summed E-state index contributed by atoms with van der Waals surface area (Å²) in [6.45, 7) is 4.13. The zero-order valence-electron chi connectivity index (χ0n) is 10.6. The van der Waals surface area contributed by atoms with Gasteiger partial charge in [0.2, 0.25) is 12.3 Å². The van der Waals surface area contributed by atoms with E-state index in [1.807, 2.05) is 6.92 Å². The first-order valence-electron chi connectivity index (χ1n) is 5.70. The van der Waals surface area contributed by atoms with E-state index in [1.165, 1.54) is 4.57 Å². The summed E-state index contributed by atoms with van der Waals surface area (Å²) in [4.78, 5) is 19.8. The van der Waals surface area contributed by atoms with Crippen molar-refractivity contribution >= 4 is 12.3 Å². The van der Waals surface area contributed by atoms with Crippen LogP contribution in [0.1, 0.15) is 12.6 Å². The fourth-order valence-electron chi connectivity index (χ4n) is 1.39. The summed E-state index contributed by atoms with van der Waals surface area (Å²) in [6.07, 6.45) is 3.20. The van der Waals surface area contributed by atoms with Crippen molar-refractivity contribution in [2.45, 2.75) is 13.8 Å². The molecule has 2 rings (SSSR count). The standard InChI is InChI=1S/C12H13N3O3S/c1-3-17-19-18-10-5-4-7-13-11(10)15-8-6-9(2)14-12(15)16/h4-8H,3H2,1-2H3. The molecule has 0 aromatic carbocycles. The Balaban J connectivity index is 2.36. The van der Waals surface area contributed by atoms with Gasteiger partial charge in [0.1, 0.15) is 0 Å². The van der Waals surface area contributed by atoms with E-state index in [0.717, 1.165) is 12.3 Å². The summed E-state index contributed by atoms with van der Waals surface area (Å²) in [5.41, 5.74) is 0.258. The van der Waals surface area contributed by atoms with Crippen LogP contribution in [0, 0.1) is 6.92 Å². The van der Waals surface area contributed by atoms with Gasteiger partial charge in [-0.2, -0.15) is 4.98 Å². The van der Waals surface area contributed by atoms with E-state index in [-0.39, 0.29) is 0 Å². The van der Waals surface area contributed by atoms with Gasteiger partial charge in [-0.25, -0.2) is 14.3 Å². The monoisotopic (exact) mass is 279 g/mol. The number of nitrogens with zero attached hydrogens (tertiary/aromatic N) is 3. The minimum Gasteiger partial charge on any atom is -0.396 e. The molecule has 7 heteroatoms. The topological polar surface area (TPSA) is 66.2 Å². The summed E-state index contributed by atoms with van der Waals surface area (Å²) in [6, 6.07) is 5.16. The van der Waals surface area contributed by atoms with Gasteiger partial charge >= 0.3 is 5.69 Å². The van der Waals surface area contributed by atoms with Crippen molar-refractivity contribution in [2.24, 2.45) is 0 Å². The first-order chi connectivity index (χ1) is 9.22. The quantitative estimate of drug-likeness (QED) is 0.615. The summed E-state index contributed by atoms with van der Waals surface area (Å²) in [5, 5.41) is 0. The number of aromatic nitrogens is 3. The average Bonchev–Trinajstić information content (AvgIpc) is 2.40. The molecule has 0 aliphatic rings. The molecule has 100 valence electrons. The maximum Gasteiger partial charge on any atom is 0.353 e. The fourth-order valence-corrected chi connectivity index (χ4v) is 1.73. The first-order valence-corrected chi connectivity index (χ1v) is 6.37. The lowest BCUT2D eigenvalue weighted by Gasteiger charge is -2.09. The maximum absolute atomic E-state index is 11.8. The zero-order chi connectivity index (χ0) is 13.7. The lowest BCUT2D eigenvalue weighted by atomic mass is 10.4. The highest BCUT2D eigenvalue weighted by Gasteiger charge is 2.10. The molecule has 0 amide bonds. The Labute approximate surface area is 114 Å². The van der Waals surface area contributed by atoms with E-state index in [9.17, 15) is 4.79 Å². The summed E-state index contributed by atoms with van der Waals surface area (Å²) >= 11 is 0.848. The third kappa shape index (κ3) is 3.33. The minimum atomic E-state index is -0.398. The first kappa shape index (κ1) is 13.6. The van der Waals surface area contributed by atoms with Crippen LogP contribution in [0.15, 0.2) is 35.4 Å². The van der Waals surface area contributed by atoms with E-state index >= 15 is 0 Å². The SMILES string of the molecule is CCOSOc1cccnc1-n1ccc(C)nc1=O. The third-order valence-corrected chi connectivity index (χ3v) is 2.79. The Hall–Kier alpha value is -1.86. The van der Waals surface area contributed by atoms with Crippen LogP contribution in [0.3, 0.4) is 0 Å². The average molecular weight is 279 g/mol. The van der Waals surface area contributed by atoms with Crippen LogP contribution in [0.25, 0.3) is 5.82 Å². The molecule has 2 heterocycles. The van der Waals surface area contributed by atoms with E-state index in [2.05, 4.69) is 9.97 Å². The van der Waals surface area contributed by atoms with E-state index in [4.69, 9.17) is 8.37 Å². The largest absolute Gasteiger partial charge is 0.396 e. The molecular formula is C12H13N3O3S. The van der Waals surface area contributed by atoms with Crippen molar-refractivity contribution in [2.75, 3.05) is 6.61 Å². The maximum atomic E-state index is 11.8. The second-order valence-electron chi connectivity index (χ2n) is 3.60. The Bertz CT molecular complexity index is 615. The zero-order valence-corrected chi connectivity index (χ0v) is 11.4. The van der Waals surface area contributed by atoms with Crippen molar-refractivity contribution in [1.29, 1.82) is 0 Å². The Morgan fingerprint density at radius 3 is 3.00 bits per heavy atom. The van der Waals surface area contributed by atoms with Gasteiger partial charge in [0.25, 0.3) is 0 Å².